The van der Waals surface area contributed by atoms with Gasteiger partial charge >= 0.3 is 5.97 Å². The molecule has 2 atom stereocenters. The van der Waals surface area contributed by atoms with Crippen LogP contribution in [0.3, 0.4) is 0 Å². The highest BCUT2D eigenvalue weighted by molar-refractivity contribution is 5.95. The number of unbranched alkanes of at least 4 members (excludes halogenated alkanes) is 1. The largest absolute Gasteiger partial charge is 0.490 e. The highest BCUT2D eigenvalue weighted by atomic mass is 16.5. The molecule has 1 N–H and O–H groups in total. The lowest BCUT2D eigenvalue weighted by atomic mass is 10.1. The molecule has 144 valence electrons. The lowest BCUT2D eigenvalue weighted by Gasteiger charge is -2.35. The molecule has 1 heterocycles. The van der Waals surface area contributed by atoms with Crippen LogP contribution in [0.1, 0.15) is 44.0 Å². The number of carbonyl (C=O) groups is 2. The molecular formula is C19H27NO6. The average molecular weight is 365 g/mol. The van der Waals surface area contributed by atoms with Crippen molar-refractivity contribution in [2.24, 2.45) is 0 Å². The molecule has 1 amide bonds. The third-order valence-corrected chi connectivity index (χ3v) is 4.07. The van der Waals surface area contributed by atoms with Gasteiger partial charge in [-0.3, -0.25) is 4.79 Å². The predicted molar refractivity (Wildman–Crippen MR) is 95.9 cm³/mol. The first-order valence-corrected chi connectivity index (χ1v) is 9.03. The first kappa shape index (κ1) is 20.0. The second kappa shape index (κ2) is 9.43. The SMILES string of the molecule is CCCCOc1ccc(C(=O)N2CC(C(=O)O)O[C@H](C)C2)cc1OCC. The molecular weight excluding hydrogens is 338 g/mol. The van der Waals surface area contributed by atoms with Gasteiger partial charge in [0, 0.05) is 12.1 Å². The summed E-state index contributed by atoms with van der Waals surface area (Å²) < 4.78 is 16.7. The van der Waals surface area contributed by atoms with Gasteiger partial charge in [-0.1, -0.05) is 13.3 Å². The maximum absolute atomic E-state index is 12.8. The van der Waals surface area contributed by atoms with E-state index in [1.807, 2.05) is 6.92 Å². The van der Waals surface area contributed by atoms with Crippen LogP contribution in [-0.2, 0) is 9.53 Å². The Balaban J connectivity index is 2.17. The summed E-state index contributed by atoms with van der Waals surface area (Å²) in [6.45, 7) is 7.13. The smallest absolute Gasteiger partial charge is 0.334 e. The van der Waals surface area contributed by atoms with Gasteiger partial charge in [0.05, 0.1) is 25.9 Å². The Morgan fingerprint density at radius 3 is 2.65 bits per heavy atom. The normalized spacial score (nSPS) is 19.9. The number of carboxylic acid groups (broad SMARTS) is 1. The minimum absolute atomic E-state index is 0.0250. The van der Waals surface area contributed by atoms with Crippen molar-refractivity contribution in [3.05, 3.63) is 23.8 Å². The summed E-state index contributed by atoms with van der Waals surface area (Å²) in [6, 6.07) is 5.07. The van der Waals surface area contributed by atoms with Gasteiger partial charge in [-0.15, -0.1) is 0 Å². The van der Waals surface area contributed by atoms with Crippen LogP contribution in [0.5, 0.6) is 11.5 Å². The molecule has 7 heteroatoms. The summed E-state index contributed by atoms with van der Waals surface area (Å²) in [5.41, 5.74) is 0.439. The van der Waals surface area contributed by atoms with Gasteiger partial charge in [-0.25, -0.2) is 4.79 Å². The fourth-order valence-corrected chi connectivity index (χ4v) is 2.79. The summed E-state index contributed by atoms with van der Waals surface area (Å²) in [6.07, 6.45) is 0.622. The molecule has 0 aliphatic carbocycles. The third kappa shape index (κ3) is 5.11. The van der Waals surface area contributed by atoms with E-state index in [2.05, 4.69) is 6.92 Å². The van der Waals surface area contributed by atoms with Crippen molar-refractivity contribution in [1.82, 2.24) is 4.90 Å². The summed E-state index contributed by atoms with van der Waals surface area (Å²) in [5.74, 6) is -0.183. The van der Waals surface area contributed by atoms with Crippen LogP contribution in [0.25, 0.3) is 0 Å². The van der Waals surface area contributed by atoms with E-state index in [1.54, 1.807) is 25.1 Å². The topological polar surface area (TPSA) is 85.3 Å². The standard InChI is InChI=1S/C19H27NO6/c1-4-6-9-25-15-8-7-14(10-16(15)24-5-2)18(21)20-11-13(3)26-17(12-20)19(22)23/h7-8,10,13,17H,4-6,9,11-12H2,1-3H3,(H,22,23)/t13-,17?/m1/s1. The number of aliphatic carboxylic acids is 1. The Kier molecular flexibility index (Phi) is 7.26. The van der Waals surface area contributed by atoms with Crippen molar-refractivity contribution in [2.75, 3.05) is 26.3 Å². The first-order chi connectivity index (χ1) is 12.5. The number of hydrogen-bond acceptors (Lipinski definition) is 5. The molecule has 0 spiro atoms. The van der Waals surface area contributed by atoms with Gasteiger partial charge in [-0.05, 0) is 38.5 Å². The van der Waals surface area contributed by atoms with Crippen LogP contribution < -0.4 is 9.47 Å². The van der Waals surface area contributed by atoms with Crippen molar-refractivity contribution in [2.45, 2.75) is 45.8 Å². The van der Waals surface area contributed by atoms with E-state index in [1.165, 1.54) is 4.90 Å². The maximum atomic E-state index is 12.8. The zero-order chi connectivity index (χ0) is 19.1. The zero-order valence-electron chi connectivity index (χ0n) is 15.6. The fourth-order valence-electron chi connectivity index (χ4n) is 2.79. The van der Waals surface area contributed by atoms with Crippen molar-refractivity contribution >= 4 is 11.9 Å². The van der Waals surface area contributed by atoms with E-state index >= 15 is 0 Å². The molecule has 26 heavy (non-hydrogen) atoms. The summed E-state index contributed by atoms with van der Waals surface area (Å²) >= 11 is 0. The highest BCUT2D eigenvalue weighted by Crippen LogP contribution is 2.29. The summed E-state index contributed by atoms with van der Waals surface area (Å²) in [5, 5.41) is 9.18. The van der Waals surface area contributed by atoms with Gasteiger partial charge in [0.2, 0.25) is 0 Å². The number of nitrogens with zero attached hydrogens (tertiary/aromatic N) is 1. The fraction of sp³-hybridized carbons (Fsp3) is 0.579. The van der Waals surface area contributed by atoms with Crippen molar-refractivity contribution in [1.29, 1.82) is 0 Å². The van der Waals surface area contributed by atoms with Crippen molar-refractivity contribution in [3.8, 4) is 11.5 Å². The molecule has 0 radical (unpaired) electrons. The molecule has 1 fully saturated rings. The lowest BCUT2D eigenvalue weighted by Crippen LogP contribution is -2.51. The number of carboxylic acids is 1. The molecule has 1 aliphatic heterocycles. The van der Waals surface area contributed by atoms with Crippen molar-refractivity contribution in [3.63, 3.8) is 0 Å². The maximum Gasteiger partial charge on any atom is 0.334 e. The van der Waals surface area contributed by atoms with E-state index in [0.29, 0.717) is 36.8 Å². The van der Waals surface area contributed by atoms with E-state index in [9.17, 15) is 14.7 Å². The average Bonchev–Trinajstić information content (AvgIpc) is 2.62. The number of carbonyl (C=O) groups excluding carboxylic acids is 1. The third-order valence-electron chi connectivity index (χ3n) is 4.07. The van der Waals surface area contributed by atoms with Gasteiger partial charge < -0.3 is 24.2 Å². The van der Waals surface area contributed by atoms with Crippen LogP contribution >= 0.6 is 0 Å². The molecule has 2 rings (SSSR count). The second-order valence-corrected chi connectivity index (χ2v) is 6.28. The Bertz CT molecular complexity index is 632. The Hall–Kier alpha value is -2.28. The van der Waals surface area contributed by atoms with Gasteiger partial charge in [0.15, 0.2) is 17.6 Å². The quantitative estimate of drug-likeness (QED) is 0.713. The molecule has 0 bridgehead atoms. The van der Waals surface area contributed by atoms with Crippen molar-refractivity contribution < 1.29 is 28.9 Å². The minimum atomic E-state index is -1.07. The van der Waals surface area contributed by atoms with Gasteiger partial charge in [0.1, 0.15) is 0 Å². The zero-order valence-corrected chi connectivity index (χ0v) is 15.6. The second-order valence-electron chi connectivity index (χ2n) is 6.28. The molecule has 1 saturated heterocycles. The van der Waals surface area contributed by atoms with Crippen LogP contribution in [0.15, 0.2) is 18.2 Å². The van der Waals surface area contributed by atoms with Crippen LogP contribution in [-0.4, -0.2) is 60.4 Å². The van der Waals surface area contributed by atoms with Crippen LogP contribution in [0, 0.1) is 0 Å². The van der Waals surface area contributed by atoms with E-state index in [0.717, 1.165) is 12.8 Å². The predicted octanol–water partition coefficient (Wildman–Crippen LogP) is 2.58. The molecule has 1 aromatic carbocycles. The Morgan fingerprint density at radius 1 is 1.23 bits per heavy atom. The highest BCUT2D eigenvalue weighted by Gasteiger charge is 2.33. The number of amides is 1. The molecule has 1 aromatic rings. The number of morpholine rings is 1. The molecule has 1 unspecified atom stereocenters. The minimum Gasteiger partial charge on any atom is -0.490 e. The summed E-state index contributed by atoms with van der Waals surface area (Å²) in [7, 11) is 0. The van der Waals surface area contributed by atoms with E-state index in [4.69, 9.17) is 14.2 Å². The first-order valence-electron chi connectivity index (χ1n) is 9.03. The molecule has 7 nitrogen and oxygen atoms in total. The van der Waals surface area contributed by atoms with Crippen LogP contribution in [0.2, 0.25) is 0 Å². The molecule has 1 aliphatic rings. The monoisotopic (exact) mass is 365 g/mol. The van der Waals surface area contributed by atoms with Crippen LogP contribution in [0.4, 0.5) is 0 Å². The number of hydrogen-bond donors (Lipinski definition) is 1. The molecule has 0 saturated carbocycles. The van der Waals surface area contributed by atoms with Gasteiger partial charge in [-0.2, -0.15) is 0 Å². The van der Waals surface area contributed by atoms with E-state index in [-0.39, 0.29) is 18.6 Å². The van der Waals surface area contributed by atoms with E-state index < -0.39 is 12.1 Å². The number of benzene rings is 1. The Labute approximate surface area is 153 Å². The number of ether oxygens (including phenoxy) is 3. The lowest BCUT2D eigenvalue weighted by molar-refractivity contribution is -0.160. The summed E-state index contributed by atoms with van der Waals surface area (Å²) in [4.78, 5) is 25.5. The Morgan fingerprint density at radius 2 is 2.00 bits per heavy atom. The number of rotatable bonds is 8. The van der Waals surface area contributed by atoms with Gasteiger partial charge in [0.25, 0.3) is 5.91 Å². The molecule has 0 aromatic heterocycles.